The molecule has 0 radical (unpaired) electrons. The summed E-state index contributed by atoms with van der Waals surface area (Å²) < 4.78 is 11.7. The Kier molecular flexibility index (Phi) is 6.85. The second-order valence-corrected chi connectivity index (χ2v) is 9.72. The van der Waals surface area contributed by atoms with E-state index in [1.165, 1.54) is 0 Å². The Balaban J connectivity index is 1.58. The molecule has 1 amide bonds. The highest BCUT2D eigenvalue weighted by atomic mass is 16.6. The summed E-state index contributed by atoms with van der Waals surface area (Å²) in [6, 6.07) is 28.5. The number of rotatable bonds is 4. The van der Waals surface area contributed by atoms with Crippen LogP contribution in [-0.4, -0.2) is 42.0 Å². The van der Waals surface area contributed by atoms with Crippen molar-refractivity contribution in [1.82, 2.24) is 4.90 Å². The van der Waals surface area contributed by atoms with Crippen molar-refractivity contribution in [3.05, 3.63) is 102 Å². The van der Waals surface area contributed by atoms with Gasteiger partial charge < -0.3 is 14.4 Å². The first kappa shape index (κ1) is 23.7. The number of morpholine rings is 1. The summed E-state index contributed by atoms with van der Waals surface area (Å²) in [4.78, 5) is 19.3. The molecule has 1 heterocycles. The van der Waals surface area contributed by atoms with Crippen molar-refractivity contribution >= 4 is 17.5 Å². The quantitative estimate of drug-likeness (QED) is 0.431. The molecule has 5 heteroatoms. The second kappa shape index (κ2) is 9.82. The standard InChI is InChI=1S/C29H32N2O3/c1-28(2,3)34-27(32)31-19-20-33-29(4,21-31)24-15-17-25(18-16-24)30-26(22-11-7-5-8-12-22)23-13-9-6-10-14-23/h5-18H,19-21H2,1-4H3/t29-/m0/s1. The molecule has 1 aliphatic heterocycles. The summed E-state index contributed by atoms with van der Waals surface area (Å²) in [7, 11) is 0. The molecule has 34 heavy (non-hydrogen) atoms. The topological polar surface area (TPSA) is 51.1 Å². The molecule has 0 unspecified atom stereocenters. The van der Waals surface area contributed by atoms with E-state index < -0.39 is 11.2 Å². The van der Waals surface area contributed by atoms with Crippen LogP contribution >= 0.6 is 0 Å². The summed E-state index contributed by atoms with van der Waals surface area (Å²) in [5.74, 6) is 0. The molecule has 1 aliphatic rings. The van der Waals surface area contributed by atoms with Gasteiger partial charge in [0, 0.05) is 17.7 Å². The van der Waals surface area contributed by atoms with E-state index in [4.69, 9.17) is 14.5 Å². The van der Waals surface area contributed by atoms with Crippen LogP contribution in [0, 0.1) is 0 Å². The number of ether oxygens (including phenoxy) is 2. The fourth-order valence-corrected chi connectivity index (χ4v) is 4.03. The van der Waals surface area contributed by atoms with Crippen molar-refractivity contribution in [2.75, 3.05) is 19.7 Å². The van der Waals surface area contributed by atoms with Crippen molar-refractivity contribution in [2.45, 2.75) is 38.9 Å². The molecule has 3 aromatic rings. The Labute approximate surface area is 202 Å². The fraction of sp³-hybridized carbons (Fsp3) is 0.310. The van der Waals surface area contributed by atoms with Crippen molar-refractivity contribution in [3.63, 3.8) is 0 Å². The Hall–Kier alpha value is -3.44. The van der Waals surface area contributed by atoms with Gasteiger partial charge in [0.05, 0.1) is 24.6 Å². The minimum absolute atomic E-state index is 0.307. The first-order chi connectivity index (χ1) is 16.2. The SMILES string of the molecule is CC(C)(C)OC(=O)N1CCO[C@](C)(c2ccc(N=C(c3ccccc3)c3ccccc3)cc2)C1. The van der Waals surface area contributed by atoms with Gasteiger partial charge in [0.25, 0.3) is 0 Å². The van der Waals surface area contributed by atoms with Crippen molar-refractivity contribution in [3.8, 4) is 0 Å². The van der Waals surface area contributed by atoms with E-state index >= 15 is 0 Å². The lowest BCUT2D eigenvalue weighted by Crippen LogP contribution is -2.51. The minimum Gasteiger partial charge on any atom is -0.444 e. The molecule has 0 saturated carbocycles. The molecule has 5 nitrogen and oxygen atoms in total. The number of benzene rings is 3. The Bertz CT molecular complexity index is 1090. The van der Waals surface area contributed by atoms with E-state index in [0.717, 1.165) is 28.1 Å². The maximum Gasteiger partial charge on any atom is 0.410 e. The van der Waals surface area contributed by atoms with Gasteiger partial charge in [-0.3, -0.25) is 0 Å². The van der Waals surface area contributed by atoms with Crippen LogP contribution in [0.1, 0.15) is 44.4 Å². The van der Waals surface area contributed by atoms with Gasteiger partial charge in [-0.1, -0.05) is 72.8 Å². The summed E-state index contributed by atoms with van der Waals surface area (Å²) in [5.41, 5.74) is 3.77. The predicted octanol–water partition coefficient (Wildman–Crippen LogP) is 6.34. The van der Waals surface area contributed by atoms with Crippen LogP contribution in [-0.2, 0) is 15.1 Å². The van der Waals surface area contributed by atoms with Crippen LogP contribution in [0.4, 0.5) is 10.5 Å². The molecule has 0 aromatic heterocycles. The van der Waals surface area contributed by atoms with Crippen LogP contribution in [0.2, 0.25) is 0 Å². The third-order valence-corrected chi connectivity index (χ3v) is 5.74. The van der Waals surface area contributed by atoms with Crippen molar-refractivity contribution in [2.24, 2.45) is 4.99 Å². The second-order valence-electron chi connectivity index (χ2n) is 9.72. The maximum absolute atomic E-state index is 12.6. The van der Waals surface area contributed by atoms with E-state index in [-0.39, 0.29) is 6.09 Å². The van der Waals surface area contributed by atoms with E-state index in [2.05, 4.69) is 24.3 Å². The van der Waals surface area contributed by atoms with Gasteiger partial charge >= 0.3 is 6.09 Å². The monoisotopic (exact) mass is 456 g/mol. The summed E-state index contributed by atoms with van der Waals surface area (Å²) in [6.45, 7) is 9.06. The highest BCUT2D eigenvalue weighted by molar-refractivity contribution is 6.13. The molecular formula is C29H32N2O3. The van der Waals surface area contributed by atoms with Gasteiger partial charge in [0.15, 0.2) is 0 Å². The molecule has 176 valence electrons. The Morgan fingerprint density at radius 3 is 2.00 bits per heavy atom. The van der Waals surface area contributed by atoms with E-state index in [0.29, 0.717) is 19.7 Å². The first-order valence-corrected chi connectivity index (χ1v) is 11.7. The van der Waals surface area contributed by atoms with Crippen LogP contribution in [0.5, 0.6) is 0 Å². The molecule has 0 bridgehead atoms. The van der Waals surface area contributed by atoms with Crippen molar-refractivity contribution in [1.29, 1.82) is 0 Å². The number of aliphatic imine (C=N–C) groups is 1. The fourth-order valence-electron chi connectivity index (χ4n) is 4.03. The molecule has 0 spiro atoms. The maximum atomic E-state index is 12.6. The predicted molar refractivity (Wildman–Crippen MR) is 136 cm³/mol. The third kappa shape index (κ3) is 5.72. The number of carbonyl (C=O) groups excluding carboxylic acids is 1. The third-order valence-electron chi connectivity index (χ3n) is 5.74. The number of hydrogen-bond acceptors (Lipinski definition) is 4. The number of amides is 1. The smallest absolute Gasteiger partial charge is 0.410 e. The summed E-state index contributed by atoms with van der Waals surface area (Å²) in [6.07, 6.45) is -0.307. The van der Waals surface area contributed by atoms with Gasteiger partial charge in [-0.2, -0.15) is 0 Å². The number of nitrogens with zero attached hydrogens (tertiary/aromatic N) is 2. The summed E-state index contributed by atoms with van der Waals surface area (Å²) >= 11 is 0. The summed E-state index contributed by atoms with van der Waals surface area (Å²) in [5, 5.41) is 0. The largest absolute Gasteiger partial charge is 0.444 e. The van der Waals surface area contributed by atoms with Crippen LogP contribution in [0.25, 0.3) is 0 Å². The lowest BCUT2D eigenvalue weighted by Gasteiger charge is -2.41. The normalized spacial score (nSPS) is 18.3. The molecule has 0 aliphatic carbocycles. The zero-order valence-electron chi connectivity index (χ0n) is 20.3. The van der Waals surface area contributed by atoms with E-state index in [9.17, 15) is 4.79 Å². The molecule has 1 saturated heterocycles. The zero-order valence-corrected chi connectivity index (χ0v) is 20.3. The number of carbonyl (C=O) groups is 1. The molecule has 4 rings (SSSR count). The lowest BCUT2D eigenvalue weighted by atomic mass is 9.93. The molecular weight excluding hydrogens is 424 g/mol. The van der Waals surface area contributed by atoms with E-state index in [1.54, 1.807) is 4.90 Å². The molecule has 1 fully saturated rings. The van der Waals surface area contributed by atoms with Gasteiger partial charge in [-0.15, -0.1) is 0 Å². The minimum atomic E-state index is -0.612. The van der Waals surface area contributed by atoms with Gasteiger partial charge in [0.1, 0.15) is 11.2 Å². The Morgan fingerprint density at radius 2 is 1.47 bits per heavy atom. The van der Waals surface area contributed by atoms with Crippen molar-refractivity contribution < 1.29 is 14.3 Å². The first-order valence-electron chi connectivity index (χ1n) is 11.7. The average molecular weight is 457 g/mol. The molecule has 1 atom stereocenters. The van der Waals surface area contributed by atoms with Gasteiger partial charge in [-0.25, -0.2) is 9.79 Å². The molecule has 3 aromatic carbocycles. The van der Waals surface area contributed by atoms with E-state index in [1.807, 2.05) is 88.4 Å². The Morgan fingerprint density at radius 1 is 0.912 bits per heavy atom. The van der Waals surface area contributed by atoms with Crippen LogP contribution < -0.4 is 0 Å². The van der Waals surface area contributed by atoms with Gasteiger partial charge in [0.2, 0.25) is 0 Å². The van der Waals surface area contributed by atoms with Crippen LogP contribution in [0.3, 0.4) is 0 Å². The molecule has 0 N–H and O–H groups in total. The van der Waals surface area contributed by atoms with Crippen LogP contribution in [0.15, 0.2) is 89.9 Å². The highest BCUT2D eigenvalue weighted by Crippen LogP contribution is 2.32. The highest BCUT2D eigenvalue weighted by Gasteiger charge is 2.37. The average Bonchev–Trinajstić information content (AvgIpc) is 2.83. The van der Waals surface area contributed by atoms with Gasteiger partial charge in [-0.05, 0) is 45.4 Å². The zero-order chi connectivity index (χ0) is 24.2. The number of hydrogen-bond donors (Lipinski definition) is 0. The lowest BCUT2D eigenvalue weighted by molar-refractivity contribution is -0.103.